The first-order valence-electron chi connectivity index (χ1n) is 8.35. The number of rotatable bonds is 4. The molecule has 0 aromatic carbocycles. The van der Waals surface area contributed by atoms with Gasteiger partial charge in [0.25, 0.3) is 0 Å². The van der Waals surface area contributed by atoms with E-state index in [9.17, 15) is 9.59 Å². The Bertz CT molecular complexity index is 382. The third kappa shape index (κ3) is 5.13. The number of nitrogens with zero attached hydrogens (tertiary/aromatic N) is 1. The second kappa shape index (κ2) is 8.73. The van der Waals surface area contributed by atoms with Crippen molar-refractivity contribution in [2.24, 2.45) is 11.7 Å². The van der Waals surface area contributed by atoms with E-state index in [1.54, 1.807) is 0 Å². The quantitative estimate of drug-likeness (QED) is 0.825. The Kier molecular flexibility index (Phi) is 7.63. The van der Waals surface area contributed by atoms with Gasteiger partial charge in [0.15, 0.2) is 0 Å². The van der Waals surface area contributed by atoms with E-state index in [1.807, 2.05) is 11.8 Å². The Morgan fingerprint density at radius 1 is 1.18 bits per heavy atom. The van der Waals surface area contributed by atoms with Gasteiger partial charge >= 0.3 is 0 Å². The molecular formula is C16H30ClN3O2. The number of amides is 2. The van der Waals surface area contributed by atoms with Crippen molar-refractivity contribution in [3.8, 4) is 0 Å². The molecule has 0 radical (unpaired) electrons. The van der Waals surface area contributed by atoms with Crippen LogP contribution in [-0.2, 0) is 9.59 Å². The SMILES string of the molecule is CC1(N)CCCCC1C(=O)NCCC(=O)N1CCCCC1.Cl. The second-order valence-corrected chi connectivity index (χ2v) is 6.79. The van der Waals surface area contributed by atoms with Crippen LogP contribution in [0.15, 0.2) is 0 Å². The number of halogens is 1. The molecule has 2 amide bonds. The average Bonchev–Trinajstić information content (AvgIpc) is 2.47. The van der Waals surface area contributed by atoms with Crippen LogP contribution in [0.2, 0.25) is 0 Å². The molecule has 2 atom stereocenters. The third-order valence-electron chi connectivity index (χ3n) is 4.92. The van der Waals surface area contributed by atoms with E-state index < -0.39 is 5.54 Å². The van der Waals surface area contributed by atoms with Crippen LogP contribution < -0.4 is 11.1 Å². The fourth-order valence-electron chi connectivity index (χ4n) is 3.51. The topological polar surface area (TPSA) is 75.4 Å². The number of hydrogen-bond acceptors (Lipinski definition) is 3. The maximum absolute atomic E-state index is 12.3. The Balaban J connectivity index is 0.00000242. The van der Waals surface area contributed by atoms with Gasteiger partial charge in [-0.3, -0.25) is 9.59 Å². The smallest absolute Gasteiger partial charge is 0.224 e. The summed E-state index contributed by atoms with van der Waals surface area (Å²) in [4.78, 5) is 26.2. The van der Waals surface area contributed by atoms with Crippen molar-refractivity contribution in [1.82, 2.24) is 10.2 Å². The molecule has 1 saturated carbocycles. The van der Waals surface area contributed by atoms with Gasteiger partial charge in [-0.05, 0) is 39.0 Å². The molecule has 1 saturated heterocycles. The van der Waals surface area contributed by atoms with E-state index in [0.717, 1.165) is 51.6 Å². The van der Waals surface area contributed by atoms with Crippen LogP contribution in [0.5, 0.6) is 0 Å². The van der Waals surface area contributed by atoms with E-state index in [2.05, 4.69) is 5.32 Å². The van der Waals surface area contributed by atoms with Gasteiger partial charge < -0.3 is 16.0 Å². The van der Waals surface area contributed by atoms with Gasteiger partial charge in [0.05, 0.1) is 5.92 Å². The van der Waals surface area contributed by atoms with E-state index in [4.69, 9.17) is 5.73 Å². The summed E-state index contributed by atoms with van der Waals surface area (Å²) in [5.74, 6) is 0.0663. The molecule has 2 rings (SSSR count). The lowest BCUT2D eigenvalue weighted by Gasteiger charge is -2.37. The van der Waals surface area contributed by atoms with E-state index in [1.165, 1.54) is 6.42 Å². The monoisotopic (exact) mass is 331 g/mol. The van der Waals surface area contributed by atoms with E-state index in [-0.39, 0.29) is 30.1 Å². The highest BCUT2D eigenvalue weighted by atomic mass is 35.5. The van der Waals surface area contributed by atoms with Crippen molar-refractivity contribution in [3.63, 3.8) is 0 Å². The number of piperidine rings is 1. The Morgan fingerprint density at radius 3 is 2.50 bits per heavy atom. The molecule has 22 heavy (non-hydrogen) atoms. The molecule has 2 fully saturated rings. The zero-order valence-electron chi connectivity index (χ0n) is 13.6. The molecule has 2 unspecified atom stereocenters. The molecule has 1 heterocycles. The first-order chi connectivity index (χ1) is 10.0. The van der Waals surface area contributed by atoms with Crippen molar-refractivity contribution >= 4 is 24.2 Å². The third-order valence-corrected chi connectivity index (χ3v) is 4.92. The van der Waals surface area contributed by atoms with Crippen LogP contribution in [0, 0.1) is 5.92 Å². The van der Waals surface area contributed by atoms with Crippen molar-refractivity contribution in [2.45, 2.75) is 63.8 Å². The predicted molar refractivity (Wildman–Crippen MR) is 89.9 cm³/mol. The summed E-state index contributed by atoms with van der Waals surface area (Å²) >= 11 is 0. The fourth-order valence-corrected chi connectivity index (χ4v) is 3.51. The van der Waals surface area contributed by atoms with Gasteiger partial charge in [0, 0.05) is 31.6 Å². The lowest BCUT2D eigenvalue weighted by Crippen LogP contribution is -2.53. The molecule has 3 N–H and O–H groups in total. The molecule has 1 aliphatic heterocycles. The first-order valence-corrected chi connectivity index (χ1v) is 8.35. The van der Waals surface area contributed by atoms with E-state index in [0.29, 0.717) is 13.0 Å². The van der Waals surface area contributed by atoms with Crippen molar-refractivity contribution < 1.29 is 9.59 Å². The van der Waals surface area contributed by atoms with Crippen LogP contribution in [-0.4, -0.2) is 41.9 Å². The number of nitrogens with two attached hydrogens (primary N) is 1. The Hall–Kier alpha value is -0.810. The minimum atomic E-state index is -0.404. The van der Waals surface area contributed by atoms with Gasteiger partial charge in [-0.1, -0.05) is 12.8 Å². The standard InChI is InChI=1S/C16H29N3O2.ClH/c1-16(17)9-4-3-7-13(16)15(21)18-10-8-14(20)19-11-5-2-6-12-19;/h13H,2-12,17H2,1H3,(H,18,21);1H. The molecule has 0 aromatic heterocycles. The van der Waals surface area contributed by atoms with Crippen molar-refractivity contribution in [3.05, 3.63) is 0 Å². The highest BCUT2D eigenvalue weighted by Gasteiger charge is 2.37. The summed E-state index contributed by atoms with van der Waals surface area (Å²) in [5.41, 5.74) is 5.83. The first kappa shape index (κ1) is 19.2. The summed E-state index contributed by atoms with van der Waals surface area (Å²) < 4.78 is 0. The zero-order valence-corrected chi connectivity index (χ0v) is 14.4. The minimum absolute atomic E-state index is 0. The number of carbonyl (C=O) groups is 2. The maximum Gasteiger partial charge on any atom is 0.224 e. The lowest BCUT2D eigenvalue weighted by atomic mass is 9.74. The van der Waals surface area contributed by atoms with Crippen LogP contribution in [0.4, 0.5) is 0 Å². The number of carbonyl (C=O) groups excluding carboxylic acids is 2. The van der Waals surface area contributed by atoms with Crippen LogP contribution in [0.1, 0.15) is 58.3 Å². The largest absolute Gasteiger partial charge is 0.355 e. The van der Waals surface area contributed by atoms with Gasteiger partial charge in [-0.25, -0.2) is 0 Å². The van der Waals surface area contributed by atoms with E-state index >= 15 is 0 Å². The molecule has 2 aliphatic rings. The minimum Gasteiger partial charge on any atom is -0.355 e. The van der Waals surface area contributed by atoms with Crippen LogP contribution >= 0.6 is 12.4 Å². The summed E-state index contributed by atoms with van der Waals surface area (Å²) in [6.45, 7) is 4.14. The Labute approximate surface area is 139 Å². The highest BCUT2D eigenvalue weighted by Crippen LogP contribution is 2.31. The average molecular weight is 332 g/mol. The van der Waals surface area contributed by atoms with Gasteiger partial charge in [0.2, 0.25) is 11.8 Å². The number of hydrogen-bond donors (Lipinski definition) is 2. The van der Waals surface area contributed by atoms with Crippen molar-refractivity contribution in [2.75, 3.05) is 19.6 Å². The van der Waals surface area contributed by atoms with Gasteiger partial charge in [0.1, 0.15) is 0 Å². The molecule has 6 heteroatoms. The molecule has 0 aromatic rings. The molecule has 128 valence electrons. The molecule has 0 spiro atoms. The summed E-state index contributed by atoms with van der Waals surface area (Å²) in [6.07, 6.45) is 7.76. The zero-order chi connectivity index (χ0) is 15.3. The highest BCUT2D eigenvalue weighted by molar-refractivity contribution is 5.85. The summed E-state index contributed by atoms with van der Waals surface area (Å²) in [5, 5.41) is 2.91. The van der Waals surface area contributed by atoms with Gasteiger partial charge in [-0.15, -0.1) is 12.4 Å². The number of likely N-dealkylation sites (tertiary alicyclic amines) is 1. The molecular weight excluding hydrogens is 302 g/mol. The molecule has 0 bridgehead atoms. The Morgan fingerprint density at radius 2 is 1.86 bits per heavy atom. The predicted octanol–water partition coefficient (Wildman–Crippen LogP) is 1.83. The maximum atomic E-state index is 12.3. The second-order valence-electron chi connectivity index (χ2n) is 6.79. The summed E-state index contributed by atoms with van der Waals surface area (Å²) in [7, 11) is 0. The van der Waals surface area contributed by atoms with Crippen LogP contribution in [0.3, 0.4) is 0 Å². The van der Waals surface area contributed by atoms with Gasteiger partial charge in [-0.2, -0.15) is 0 Å². The molecule has 1 aliphatic carbocycles. The normalized spacial score (nSPS) is 28.6. The van der Waals surface area contributed by atoms with Crippen molar-refractivity contribution in [1.29, 1.82) is 0 Å². The number of nitrogens with one attached hydrogen (secondary N) is 1. The summed E-state index contributed by atoms with van der Waals surface area (Å²) in [6, 6.07) is 0. The fraction of sp³-hybridized carbons (Fsp3) is 0.875. The van der Waals surface area contributed by atoms with Crippen LogP contribution in [0.25, 0.3) is 0 Å². The lowest BCUT2D eigenvalue weighted by molar-refractivity contribution is -0.132. The molecule has 5 nitrogen and oxygen atoms in total.